The SMILES string of the molecule is CC[C@H](O)c1cc(OC)c(OC)cc1Cl. The highest BCUT2D eigenvalue weighted by atomic mass is 35.5. The van der Waals surface area contributed by atoms with Gasteiger partial charge in [-0.2, -0.15) is 0 Å². The maximum Gasteiger partial charge on any atom is 0.162 e. The molecule has 15 heavy (non-hydrogen) atoms. The van der Waals surface area contributed by atoms with Crippen LogP contribution in [0.2, 0.25) is 5.02 Å². The number of methoxy groups -OCH3 is 2. The van der Waals surface area contributed by atoms with Gasteiger partial charge >= 0.3 is 0 Å². The molecule has 84 valence electrons. The summed E-state index contributed by atoms with van der Waals surface area (Å²) in [6.45, 7) is 1.89. The molecule has 1 aromatic rings. The first-order chi connectivity index (χ1) is 7.13. The van der Waals surface area contributed by atoms with Crippen molar-refractivity contribution in [3.05, 3.63) is 22.7 Å². The lowest BCUT2D eigenvalue weighted by Gasteiger charge is -2.14. The van der Waals surface area contributed by atoms with Crippen LogP contribution in [0.5, 0.6) is 11.5 Å². The summed E-state index contributed by atoms with van der Waals surface area (Å²) in [5.41, 5.74) is 0.664. The van der Waals surface area contributed by atoms with Crippen molar-refractivity contribution >= 4 is 11.6 Å². The second kappa shape index (κ2) is 5.24. The van der Waals surface area contributed by atoms with Gasteiger partial charge in [-0.25, -0.2) is 0 Å². The van der Waals surface area contributed by atoms with E-state index in [1.54, 1.807) is 26.4 Å². The van der Waals surface area contributed by atoms with E-state index in [1.165, 1.54) is 0 Å². The van der Waals surface area contributed by atoms with Gasteiger partial charge in [-0.1, -0.05) is 18.5 Å². The molecule has 0 amide bonds. The van der Waals surface area contributed by atoms with E-state index in [1.807, 2.05) is 6.92 Å². The average Bonchev–Trinajstić information content (AvgIpc) is 2.27. The Kier molecular flexibility index (Phi) is 4.24. The van der Waals surface area contributed by atoms with Gasteiger partial charge in [-0.05, 0) is 12.5 Å². The molecule has 0 fully saturated rings. The van der Waals surface area contributed by atoms with Gasteiger partial charge < -0.3 is 14.6 Å². The number of ether oxygens (including phenoxy) is 2. The quantitative estimate of drug-likeness (QED) is 0.865. The molecule has 0 aliphatic rings. The molecule has 1 atom stereocenters. The third-order valence-electron chi connectivity index (χ3n) is 2.25. The summed E-state index contributed by atoms with van der Waals surface area (Å²) in [5.74, 6) is 1.14. The Bertz CT molecular complexity index is 339. The highest BCUT2D eigenvalue weighted by Crippen LogP contribution is 2.36. The summed E-state index contributed by atoms with van der Waals surface area (Å²) < 4.78 is 10.2. The monoisotopic (exact) mass is 230 g/mol. The lowest BCUT2D eigenvalue weighted by atomic mass is 10.1. The van der Waals surface area contributed by atoms with Gasteiger partial charge in [0.2, 0.25) is 0 Å². The minimum Gasteiger partial charge on any atom is -0.493 e. The van der Waals surface area contributed by atoms with Crippen molar-refractivity contribution < 1.29 is 14.6 Å². The number of aliphatic hydroxyl groups is 1. The van der Waals surface area contributed by atoms with Crippen molar-refractivity contribution in [3.63, 3.8) is 0 Å². The molecule has 0 saturated heterocycles. The zero-order chi connectivity index (χ0) is 11.4. The van der Waals surface area contributed by atoms with Crippen LogP contribution in [0.1, 0.15) is 25.0 Å². The molecule has 0 bridgehead atoms. The summed E-state index contributed by atoms with van der Waals surface area (Å²) in [4.78, 5) is 0. The maximum atomic E-state index is 9.71. The zero-order valence-electron chi connectivity index (χ0n) is 9.08. The van der Waals surface area contributed by atoms with Gasteiger partial charge in [0.1, 0.15) is 0 Å². The summed E-state index contributed by atoms with van der Waals surface area (Å²) in [7, 11) is 3.10. The van der Waals surface area contributed by atoms with E-state index in [0.29, 0.717) is 28.5 Å². The Morgan fingerprint density at radius 1 is 1.27 bits per heavy atom. The summed E-state index contributed by atoms with van der Waals surface area (Å²) in [6, 6.07) is 3.35. The van der Waals surface area contributed by atoms with Gasteiger partial charge in [0.15, 0.2) is 11.5 Å². The van der Waals surface area contributed by atoms with E-state index < -0.39 is 6.10 Å². The lowest BCUT2D eigenvalue weighted by molar-refractivity contribution is 0.173. The van der Waals surface area contributed by atoms with Crippen molar-refractivity contribution in [2.24, 2.45) is 0 Å². The molecule has 0 radical (unpaired) electrons. The standard InChI is InChI=1S/C11H15ClO3/c1-4-9(13)7-5-10(14-2)11(15-3)6-8(7)12/h5-6,9,13H,4H2,1-3H3/t9-/m0/s1. The molecule has 0 aliphatic heterocycles. The predicted molar refractivity (Wildman–Crippen MR) is 59.8 cm³/mol. The Hall–Kier alpha value is -0.930. The molecule has 0 unspecified atom stereocenters. The molecule has 1 rings (SSSR count). The van der Waals surface area contributed by atoms with Crippen LogP contribution in [0, 0.1) is 0 Å². The van der Waals surface area contributed by atoms with Crippen LogP contribution in [0.4, 0.5) is 0 Å². The predicted octanol–water partition coefficient (Wildman–Crippen LogP) is 2.80. The molecule has 4 heteroatoms. The normalized spacial score (nSPS) is 12.3. The van der Waals surface area contributed by atoms with Crippen molar-refractivity contribution in [3.8, 4) is 11.5 Å². The topological polar surface area (TPSA) is 38.7 Å². The minimum atomic E-state index is -0.572. The van der Waals surface area contributed by atoms with Crippen LogP contribution < -0.4 is 9.47 Å². The number of benzene rings is 1. The van der Waals surface area contributed by atoms with Crippen LogP contribution in [-0.4, -0.2) is 19.3 Å². The first-order valence-electron chi connectivity index (χ1n) is 4.73. The van der Waals surface area contributed by atoms with Crippen molar-refractivity contribution in [1.29, 1.82) is 0 Å². The Balaban J connectivity index is 3.19. The molecule has 0 aliphatic carbocycles. The fraction of sp³-hybridized carbons (Fsp3) is 0.455. The molecule has 0 aromatic heterocycles. The fourth-order valence-corrected chi connectivity index (χ4v) is 1.62. The van der Waals surface area contributed by atoms with Gasteiger partial charge in [0.25, 0.3) is 0 Å². The van der Waals surface area contributed by atoms with E-state index in [-0.39, 0.29) is 0 Å². The number of hydrogen-bond donors (Lipinski definition) is 1. The second-order valence-electron chi connectivity index (χ2n) is 3.15. The van der Waals surface area contributed by atoms with E-state index in [0.717, 1.165) is 0 Å². The molecule has 3 nitrogen and oxygen atoms in total. The molecular weight excluding hydrogens is 216 g/mol. The van der Waals surface area contributed by atoms with E-state index >= 15 is 0 Å². The summed E-state index contributed by atoms with van der Waals surface area (Å²) >= 11 is 6.02. The van der Waals surface area contributed by atoms with Crippen molar-refractivity contribution in [2.45, 2.75) is 19.4 Å². The Morgan fingerprint density at radius 3 is 2.27 bits per heavy atom. The van der Waals surface area contributed by atoms with Crippen molar-refractivity contribution in [2.75, 3.05) is 14.2 Å². The average molecular weight is 231 g/mol. The number of hydrogen-bond acceptors (Lipinski definition) is 3. The van der Waals surface area contributed by atoms with Crippen molar-refractivity contribution in [1.82, 2.24) is 0 Å². The highest BCUT2D eigenvalue weighted by molar-refractivity contribution is 6.31. The third kappa shape index (κ3) is 2.55. The molecule has 0 saturated carbocycles. The maximum absolute atomic E-state index is 9.71. The van der Waals surface area contributed by atoms with Crippen LogP contribution in [-0.2, 0) is 0 Å². The van der Waals surface area contributed by atoms with E-state index in [2.05, 4.69) is 0 Å². The molecule has 1 aromatic carbocycles. The zero-order valence-corrected chi connectivity index (χ0v) is 9.84. The lowest BCUT2D eigenvalue weighted by Crippen LogP contribution is -1.99. The van der Waals surface area contributed by atoms with Crippen LogP contribution in [0.25, 0.3) is 0 Å². The first-order valence-corrected chi connectivity index (χ1v) is 5.11. The second-order valence-corrected chi connectivity index (χ2v) is 3.56. The van der Waals surface area contributed by atoms with Gasteiger partial charge in [-0.3, -0.25) is 0 Å². The summed E-state index contributed by atoms with van der Waals surface area (Å²) in [6.07, 6.45) is 0.0344. The van der Waals surface area contributed by atoms with Gasteiger partial charge in [-0.15, -0.1) is 0 Å². The summed E-state index contributed by atoms with van der Waals surface area (Å²) in [5, 5.41) is 10.2. The van der Waals surface area contributed by atoms with Crippen LogP contribution >= 0.6 is 11.6 Å². The smallest absolute Gasteiger partial charge is 0.162 e. The van der Waals surface area contributed by atoms with Crippen LogP contribution in [0.15, 0.2) is 12.1 Å². The van der Waals surface area contributed by atoms with E-state index in [9.17, 15) is 5.11 Å². The largest absolute Gasteiger partial charge is 0.493 e. The molecule has 0 heterocycles. The minimum absolute atomic E-state index is 0.488. The third-order valence-corrected chi connectivity index (χ3v) is 2.58. The van der Waals surface area contributed by atoms with E-state index in [4.69, 9.17) is 21.1 Å². The molecule has 0 spiro atoms. The fourth-order valence-electron chi connectivity index (χ4n) is 1.35. The number of aliphatic hydroxyl groups excluding tert-OH is 1. The molecule has 1 N–H and O–H groups in total. The number of halogens is 1. The van der Waals surface area contributed by atoms with Gasteiger partial charge in [0.05, 0.1) is 25.3 Å². The first kappa shape index (κ1) is 12.1. The van der Waals surface area contributed by atoms with Crippen LogP contribution in [0.3, 0.4) is 0 Å². The molecular formula is C11H15ClO3. The van der Waals surface area contributed by atoms with Gasteiger partial charge in [0, 0.05) is 11.6 Å². The number of rotatable bonds is 4. The highest BCUT2D eigenvalue weighted by Gasteiger charge is 2.14. The Labute approximate surface area is 94.6 Å². The Morgan fingerprint density at radius 2 is 1.80 bits per heavy atom.